The Hall–Kier alpha value is -1.86. The lowest BCUT2D eigenvalue weighted by Gasteiger charge is -2.34. The number of carbonyl (C=O) groups excluding carboxylic acids is 2. The van der Waals surface area contributed by atoms with Gasteiger partial charge in [0.25, 0.3) is 5.91 Å². The molecule has 0 saturated carbocycles. The lowest BCUT2D eigenvalue weighted by molar-refractivity contribution is -0.130. The van der Waals surface area contributed by atoms with Gasteiger partial charge in [0.1, 0.15) is 11.2 Å². The normalized spacial score (nSPS) is 18.4. The number of nitrogens with two attached hydrogens (primary N) is 1. The van der Waals surface area contributed by atoms with Crippen molar-refractivity contribution in [1.29, 1.82) is 0 Å². The number of hydrogen-bond donors (Lipinski definition) is 2. The van der Waals surface area contributed by atoms with Gasteiger partial charge in [-0.1, -0.05) is 11.6 Å². The molecule has 21 heavy (non-hydrogen) atoms. The van der Waals surface area contributed by atoms with Crippen LogP contribution in [0.4, 0.5) is 5.69 Å². The number of nitrogen functional groups attached to an aromatic ring is 1. The summed E-state index contributed by atoms with van der Waals surface area (Å²) in [6.45, 7) is 3.16. The molecule has 2 rings (SSSR count). The molecule has 0 bridgehead atoms. The lowest BCUT2D eigenvalue weighted by Crippen LogP contribution is -2.56. The number of rotatable bonds is 3. The first kappa shape index (κ1) is 15.5. The Kier molecular flexibility index (Phi) is 4.98. The van der Waals surface area contributed by atoms with E-state index < -0.39 is 6.04 Å². The number of nitrogens with one attached hydrogen (secondary N) is 1. The van der Waals surface area contributed by atoms with Gasteiger partial charge in [0, 0.05) is 13.1 Å². The number of halogens is 1. The minimum Gasteiger partial charge on any atom is -0.397 e. The molecule has 2 amide bonds. The van der Waals surface area contributed by atoms with Crippen molar-refractivity contribution < 1.29 is 14.3 Å². The summed E-state index contributed by atoms with van der Waals surface area (Å²) in [6.07, 6.45) is 1.33. The molecule has 0 spiro atoms. The summed E-state index contributed by atoms with van der Waals surface area (Å²) in [4.78, 5) is 29.9. The third-order valence-electron chi connectivity index (χ3n) is 3.17. The molecule has 8 heteroatoms. The average Bonchev–Trinajstić information content (AvgIpc) is 2.49. The van der Waals surface area contributed by atoms with Crippen LogP contribution in [-0.2, 0) is 9.53 Å². The molecule has 3 N–H and O–H groups in total. The van der Waals surface area contributed by atoms with Gasteiger partial charge in [0.2, 0.25) is 5.91 Å². The van der Waals surface area contributed by atoms with E-state index in [1.807, 2.05) is 6.92 Å². The second kappa shape index (κ2) is 6.73. The monoisotopic (exact) mass is 312 g/mol. The van der Waals surface area contributed by atoms with Gasteiger partial charge in [-0.3, -0.25) is 9.59 Å². The van der Waals surface area contributed by atoms with Crippen molar-refractivity contribution in [3.05, 3.63) is 23.0 Å². The average molecular weight is 313 g/mol. The van der Waals surface area contributed by atoms with Gasteiger partial charge in [-0.05, 0) is 13.0 Å². The van der Waals surface area contributed by atoms with Crippen molar-refractivity contribution >= 4 is 29.1 Å². The molecule has 1 aliphatic heterocycles. The van der Waals surface area contributed by atoms with Gasteiger partial charge in [0.05, 0.1) is 30.7 Å². The van der Waals surface area contributed by atoms with Gasteiger partial charge >= 0.3 is 0 Å². The first-order valence-electron chi connectivity index (χ1n) is 6.62. The molecule has 1 atom stereocenters. The van der Waals surface area contributed by atoms with Crippen LogP contribution >= 0.6 is 11.6 Å². The van der Waals surface area contributed by atoms with Crippen molar-refractivity contribution in [2.75, 3.05) is 32.0 Å². The molecule has 7 nitrogen and oxygen atoms in total. The smallest absolute Gasteiger partial charge is 0.256 e. The molecular weight excluding hydrogens is 296 g/mol. The van der Waals surface area contributed by atoms with Crippen LogP contribution in [0.5, 0.6) is 0 Å². The van der Waals surface area contributed by atoms with Crippen LogP contribution in [0.15, 0.2) is 12.3 Å². The lowest BCUT2D eigenvalue weighted by atomic mass is 10.1. The number of morpholine rings is 1. The fourth-order valence-corrected chi connectivity index (χ4v) is 2.29. The Labute approximate surface area is 127 Å². The summed E-state index contributed by atoms with van der Waals surface area (Å²) in [5.74, 6) is -0.597. The molecule has 1 fully saturated rings. The zero-order chi connectivity index (χ0) is 15.4. The predicted octanol–water partition coefficient (Wildman–Crippen LogP) is 0.294. The largest absolute Gasteiger partial charge is 0.397 e. The standard InChI is InChI=1S/C13H17ClN4O3/c1-2-16-12(19)10-7-21-4-3-18(10)13(20)8-5-11(14)17-6-9(8)15/h5-6,10H,2-4,7,15H2,1H3,(H,16,19). The number of aromatic nitrogens is 1. The van der Waals surface area contributed by atoms with E-state index in [4.69, 9.17) is 22.1 Å². The number of amides is 2. The van der Waals surface area contributed by atoms with E-state index in [1.165, 1.54) is 17.2 Å². The molecule has 1 saturated heterocycles. The maximum Gasteiger partial charge on any atom is 0.256 e. The fourth-order valence-electron chi connectivity index (χ4n) is 2.14. The van der Waals surface area contributed by atoms with Gasteiger partial charge in [-0.15, -0.1) is 0 Å². The molecular formula is C13H17ClN4O3. The minimum atomic E-state index is -0.669. The van der Waals surface area contributed by atoms with E-state index in [1.54, 1.807) is 0 Å². The Balaban J connectivity index is 2.26. The molecule has 1 aliphatic rings. The van der Waals surface area contributed by atoms with Gasteiger partial charge in [-0.25, -0.2) is 4.98 Å². The van der Waals surface area contributed by atoms with E-state index in [0.717, 1.165) is 0 Å². The second-order valence-corrected chi connectivity index (χ2v) is 4.97. The van der Waals surface area contributed by atoms with Gasteiger partial charge in [0.15, 0.2) is 0 Å². The highest BCUT2D eigenvalue weighted by Crippen LogP contribution is 2.20. The zero-order valence-electron chi connectivity index (χ0n) is 11.6. The van der Waals surface area contributed by atoms with Crippen molar-refractivity contribution in [2.45, 2.75) is 13.0 Å². The molecule has 114 valence electrons. The maximum atomic E-state index is 12.6. The predicted molar refractivity (Wildman–Crippen MR) is 78.0 cm³/mol. The van der Waals surface area contributed by atoms with Crippen LogP contribution in [0.25, 0.3) is 0 Å². The van der Waals surface area contributed by atoms with Crippen LogP contribution in [0.1, 0.15) is 17.3 Å². The van der Waals surface area contributed by atoms with E-state index in [2.05, 4.69) is 10.3 Å². The molecule has 0 aromatic carbocycles. The SMILES string of the molecule is CCNC(=O)C1COCCN1C(=O)c1cc(Cl)ncc1N. The Morgan fingerprint density at radius 1 is 1.62 bits per heavy atom. The number of pyridine rings is 1. The van der Waals surface area contributed by atoms with Crippen LogP contribution in [0, 0.1) is 0 Å². The maximum absolute atomic E-state index is 12.6. The highest BCUT2D eigenvalue weighted by molar-refractivity contribution is 6.29. The quantitative estimate of drug-likeness (QED) is 0.782. The Bertz CT molecular complexity index is 552. The second-order valence-electron chi connectivity index (χ2n) is 4.58. The topological polar surface area (TPSA) is 97.5 Å². The van der Waals surface area contributed by atoms with Crippen LogP contribution in [0.3, 0.4) is 0 Å². The molecule has 0 aliphatic carbocycles. The third kappa shape index (κ3) is 3.43. The Morgan fingerprint density at radius 3 is 3.10 bits per heavy atom. The highest BCUT2D eigenvalue weighted by atomic mass is 35.5. The van der Waals surface area contributed by atoms with Crippen LogP contribution < -0.4 is 11.1 Å². The Morgan fingerprint density at radius 2 is 2.38 bits per heavy atom. The first-order chi connectivity index (χ1) is 10.0. The fraction of sp³-hybridized carbons (Fsp3) is 0.462. The van der Waals surface area contributed by atoms with E-state index in [0.29, 0.717) is 19.7 Å². The number of anilines is 1. The number of carbonyl (C=O) groups is 2. The van der Waals surface area contributed by atoms with E-state index in [-0.39, 0.29) is 34.8 Å². The molecule has 1 aromatic heterocycles. The van der Waals surface area contributed by atoms with E-state index >= 15 is 0 Å². The third-order valence-corrected chi connectivity index (χ3v) is 3.38. The van der Waals surface area contributed by atoms with Crippen molar-refractivity contribution in [1.82, 2.24) is 15.2 Å². The number of nitrogens with zero attached hydrogens (tertiary/aromatic N) is 2. The molecule has 2 heterocycles. The van der Waals surface area contributed by atoms with Crippen molar-refractivity contribution in [2.24, 2.45) is 0 Å². The summed E-state index contributed by atoms with van der Waals surface area (Å²) >= 11 is 5.81. The molecule has 1 aromatic rings. The highest BCUT2D eigenvalue weighted by Gasteiger charge is 2.33. The molecule has 1 unspecified atom stereocenters. The molecule has 0 radical (unpaired) electrons. The summed E-state index contributed by atoms with van der Waals surface area (Å²) < 4.78 is 5.30. The summed E-state index contributed by atoms with van der Waals surface area (Å²) in [6, 6.07) is 0.737. The minimum absolute atomic E-state index is 0.163. The van der Waals surface area contributed by atoms with Crippen molar-refractivity contribution in [3.8, 4) is 0 Å². The summed E-state index contributed by atoms with van der Waals surface area (Å²) in [5.41, 5.74) is 6.25. The first-order valence-corrected chi connectivity index (χ1v) is 6.99. The van der Waals surface area contributed by atoms with Crippen molar-refractivity contribution in [3.63, 3.8) is 0 Å². The summed E-state index contributed by atoms with van der Waals surface area (Å²) in [5, 5.41) is 2.87. The summed E-state index contributed by atoms with van der Waals surface area (Å²) in [7, 11) is 0. The number of likely N-dealkylation sites (N-methyl/N-ethyl adjacent to an activating group) is 1. The van der Waals surface area contributed by atoms with Gasteiger partial charge < -0.3 is 20.7 Å². The van der Waals surface area contributed by atoms with Gasteiger partial charge in [-0.2, -0.15) is 0 Å². The number of hydrogen-bond acceptors (Lipinski definition) is 5. The van der Waals surface area contributed by atoms with E-state index in [9.17, 15) is 9.59 Å². The van der Waals surface area contributed by atoms with Crippen LogP contribution in [0.2, 0.25) is 5.15 Å². The number of ether oxygens (including phenoxy) is 1. The van der Waals surface area contributed by atoms with Crippen LogP contribution in [-0.4, -0.2) is 54.0 Å². The zero-order valence-corrected chi connectivity index (χ0v) is 12.4.